The molecule has 0 bridgehead atoms. The predicted molar refractivity (Wildman–Crippen MR) is 47.4 cm³/mol. The van der Waals surface area contributed by atoms with Gasteiger partial charge in [0.2, 0.25) is 0 Å². The maximum absolute atomic E-state index is 5.63. The van der Waals surface area contributed by atoms with Crippen molar-refractivity contribution in [3.8, 4) is 11.4 Å². The van der Waals surface area contributed by atoms with Crippen molar-refractivity contribution < 1.29 is 0 Å². The number of aryl methyl sites for hydroxylation is 1. The molecule has 4 heteroatoms. The smallest absolute Gasteiger partial charge is 0.122 e. The van der Waals surface area contributed by atoms with Gasteiger partial charge in [-0.3, -0.25) is 4.68 Å². The van der Waals surface area contributed by atoms with Crippen LogP contribution in [0.2, 0.25) is 0 Å². The zero-order chi connectivity index (χ0) is 8.55. The first-order chi connectivity index (χ1) is 5.77. The molecule has 0 radical (unpaired) electrons. The number of hydrogen-bond donors (Lipinski definition) is 2. The number of nitrogens with zero attached hydrogens (tertiary/aromatic N) is 2. The van der Waals surface area contributed by atoms with E-state index in [0.29, 0.717) is 5.82 Å². The second kappa shape index (κ2) is 2.41. The molecule has 3 N–H and O–H groups in total. The number of rotatable bonds is 1. The molecular formula is C8H10N4. The van der Waals surface area contributed by atoms with Crippen molar-refractivity contribution in [1.82, 2.24) is 14.8 Å². The third kappa shape index (κ3) is 0.972. The maximum atomic E-state index is 5.63. The van der Waals surface area contributed by atoms with Crippen LogP contribution in [-0.2, 0) is 7.05 Å². The predicted octanol–water partition coefficient (Wildman–Crippen LogP) is 0.997. The van der Waals surface area contributed by atoms with Crippen molar-refractivity contribution in [2.45, 2.75) is 0 Å². The Morgan fingerprint density at radius 1 is 1.58 bits per heavy atom. The van der Waals surface area contributed by atoms with E-state index in [1.807, 2.05) is 31.4 Å². The third-order valence-corrected chi connectivity index (χ3v) is 1.79. The summed E-state index contributed by atoms with van der Waals surface area (Å²) in [7, 11) is 1.82. The van der Waals surface area contributed by atoms with Crippen LogP contribution in [0.4, 0.5) is 5.82 Å². The van der Waals surface area contributed by atoms with Gasteiger partial charge in [0.1, 0.15) is 11.5 Å². The molecule has 0 atom stereocenters. The standard InChI is InChI=1S/C8H10N4/c1-12-8(9)5-7(11-12)6-3-2-4-10-6/h2-5,10H,9H2,1H3. The highest BCUT2D eigenvalue weighted by Gasteiger charge is 2.03. The molecule has 0 saturated carbocycles. The van der Waals surface area contributed by atoms with Crippen LogP contribution >= 0.6 is 0 Å². The first kappa shape index (κ1) is 6.97. The number of nitrogen functional groups attached to an aromatic ring is 1. The molecule has 2 aromatic rings. The van der Waals surface area contributed by atoms with Gasteiger partial charge in [-0.15, -0.1) is 0 Å². The van der Waals surface area contributed by atoms with Crippen LogP contribution in [-0.4, -0.2) is 14.8 Å². The minimum Gasteiger partial charge on any atom is -0.384 e. The molecule has 2 heterocycles. The maximum Gasteiger partial charge on any atom is 0.122 e. The zero-order valence-electron chi connectivity index (χ0n) is 6.78. The summed E-state index contributed by atoms with van der Waals surface area (Å²) in [6.07, 6.45) is 1.86. The Balaban J connectivity index is 2.48. The first-order valence-electron chi connectivity index (χ1n) is 3.70. The van der Waals surface area contributed by atoms with Crippen molar-refractivity contribution in [3.05, 3.63) is 24.4 Å². The van der Waals surface area contributed by atoms with Crippen LogP contribution in [0, 0.1) is 0 Å². The average Bonchev–Trinajstić information content (AvgIpc) is 2.61. The highest BCUT2D eigenvalue weighted by Crippen LogP contribution is 2.16. The molecule has 0 aliphatic heterocycles. The monoisotopic (exact) mass is 162 g/mol. The summed E-state index contributed by atoms with van der Waals surface area (Å²) in [5, 5.41) is 4.21. The molecule has 0 aliphatic rings. The molecule has 0 aliphatic carbocycles. The Kier molecular flexibility index (Phi) is 1.40. The average molecular weight is 162 g/mol. The van der Waals surface area contributed by atoms with E-state index in [1.165, 1.54) is 0 Å². The van der Waals surface area contributed by atoms with Crippen molar-refractivity contribution in [1.29, 1.82) is 0 Å². The fourth-order valence-electron chi connectivity index (χ4n) is 1.10. The van der Waals surface area contributed by atoms with E-state index in [2.05, 4.69) is 10.1 Å². The van der Waals surface area contributed by atoms with Crippen molar-refractivity contribution in [2.75, 3.05) is 5.73 Å². The van der Waals surface area contributed by atoms with Gasteiger partial charge < -0.3 is 10.7 Å². The quantitative estimate of drug-likeness (QED) is 0.657. The lowest BCUT2D eigenvalue weighted by Gasteiger charge is -1.89. The number of nitrogens with one attached hydrogen (secondary N) is 1. The molecule has 12 heavy (non-hydrogen) atoms. The summed E-state index contributed by atoms with van der Waals surface area (Å²) in [4.78, 5) is 3.06. The van der Waals surface area contributed by atoms with Crippen LogP contribution in [0.15, 0.2) is 24.4 Å². The van der Waals surface area contributed by atoms with Gasteiger partial charge in [0.15, 0.2) is 0 Å². The van der Waals surface area contributed by atoms with E-state index in [0.717, 1.165) is 11.4 Å². The number of aromatic nitrogens is 3. The molecular weight excluding hydrogens is 152 g/mol. The Morgan fingerprint density at radius 2 is 2.42 bits per heavy atom. The van der Waals surface area contributed by atoms with Gasteiger partial charge in [-0.05, 0) is 12.1 Å². The summed E-state index contributed by atoms with van der Waals surface area (Å²) in [5.41, 5.74) is 7.50. The molecule has 2 aromatic heterocycles. The second-order valence-electron chi connectivity index (χ2n) is 2.66. The fourth-order valence-corrected chi connectivity index (χ4v) is 1.10. The minimum atomic E-state index is 0.666. The number of H-pyrrole nitrogens is 1. The lowest BCUT2D eigenvalue weighted by atomic mass is 10.3. The Morgan fingerprint density at radius 3 is 2.92 bits per heavy atom. The summed E-state index contributed by atoms with van der Waals surface area (Å²) in [6, 6.07) is 5.73. The zero-order valence-corrected chi connectivity index (χ0v) is 6.78. The van der Waals surface area contributed by atoms with Crippen LogP contribution in [0.25, 0.3) is 11.4 Å². The summed E-state index contributed by atoms with van der Waals surface area (Å²) < 4.78 is 1.65. The van der Waals surface area contributed by atoms with Crippen LogP contribution in [0.5, 0.6) is 0 Å². The molecule has 62 valence electrons. The highest BCUT2D eigenvalue weighted by molar-refractivity contribution is 5.58. The van der Waals surface area contributed by atoms with Crippen LogP contribution in [0.1, 0.15) is 0 Å². The van der Waals surface area contributed by atoms with Gasteiger partial charge in [0.05, 0.1) is 5.69 Å². The van der Waals surface area contributed by atoms with Gasteiger partial charge in [0.25, 0.3) is 0 Å². The first-order valence-corrected chi connectivity index (χ1v) is 3.70. The lowest BCUT2D eigenvalue weighted by molar-refractivity contribution is 0.781. The third-order valence-electron chi connectivity index (χ3n) is 1.79. The lowest BCUT2D eigenvalue weighted by Crippen LogP contribution is -1.96. The number of anilines is 1. The van der Waals surface area contributed by atoms with E-state index < -0.39 is 0 Å². The van der Waals surface area contributed by atoms with Gasteiger partial charge in [0, 0.05) is 19.3 Å². The molecule has 4 nitrogen and oxygen atoms in total. The number of hydrogen-bond acceptors (Lipinski definition) is 2. The minimum absolute atomic E-state index is 0.666. The molecule has 0 saturated heterocycles. The van der Waals surface area contributed by atoms with E-state index in [4.69, 9.17) is 5.73 Å². The summed E-state index contributed by atoms with van der Waals surface area (Å²) in [5.74, 6) is 0.666. The highest BCUT2D eigenvalue weighted by atomic mass is 15.3. The Labute approximate surface area is 70.0 Å². The molecule has 0 amide bonds. The van der Waals surface area contributed by atoms with E-state index >= 15 is 0 Å². The SMILES string of the molecule is Cn1nc(-c2ccc[nH]2)cc1N. The molecule has 0 aromatic carbocycles. The number of nitrogens with two attached hydrogens (primary N) is 1. The van der Waals surface area contributed by atoms with E-state index in [1.54, 1.807) is 4.68 Å². The van der Waals surface area contributed by atoms with E-state index in [-0.39, 0.29) is 0 Å². The van der Waals surface area contributed by atoms with Crippen LogP contribution in [0.3, 0.4) is 0 Å². The van der Waals surface area contributed by atoms with Gasteiger partial charge in [-0.1, -0.05) is 0 Å². The largest absolute Gasteiger partial charge is 0.384 e. The fraction of sp³-hybridized carbons (Fsp3) is 0.125. The Hall–Kier alpha value is -1.71. The molecule has 2 rings (SSSR count). The second-order valence-corrected chi connectivity index (χ2v) is 2.66. The van der Waals surface area contributed by atoms with Crippen molar-refractivity contribution in [2.24, 2.45) is 7.05 Å². The molecule has 0 fully saturated rings. The van der Waals surface area contributed by atoms with Gasteiger partial charge >= 0.3 is 0 Å². The molecule has 0 spiro atoms. The summed E-state index contributed by atoms with van der Waals surface area (Å²) >= 11 is 0. The molecule has 0 unspecified atom stereocenters. The summed E-state index contributed by atoms with van der Waals surface area (Å²) in [6.45, 7) is 0. The normalized spacial score (nSPS) is 10.4. The van der Waals surface area contributed by atoms with Crippen LogP contribution < -0.4 is 5.73 Å². The van der Waals surface area contributed by atoms with Gasteiger partial charge in [-0.2, -0.15) is 5.10 Å². The topological polar surface area (TPSA) is 59.6 Å². The Bertz CT molecular complexity index is 352. The number of aromatic amines is 1. The van der Waals surface area contributed by atoms with Gasteiger partial charge in [-0.25, -0.2) is 0 Å². The van der Waals surface area contributed by atoms with Crippen molar-refractivity contribution >= 4 is 5.82 Å². The van der Waals surface area contributed by atoms with Crippen molar-refractivity contribution in [3.63, 3.8) is 0 Å². The van der Waals surface area contributed by atoms with E-state index in [9.17, 15) is 0 Å².